The number of aryl methyl sites for hydroxylation is 2. The van der Waals surface area contributed by atoms with Gasteiger partial charge in [0.15, 0.2) is 0 Å². The Morgan fingerprint density at radius 1 is 1.11 bits per heavy atom. The van der Waals surface area contributed by atoms with Crippen molar-refractivity contribution in [2.45, 2.75) is 46.2 Å². The highest BCUT2D eigenvalue weighted by Crippen LogP contribution is 2.20. The van der Waals surface area contributed by atoms with Crippen molar-refractivity contribution in [3.8, 4) is 0 Å². The summed E-state index contributed by atoms with van der Waals surface area (Å²) in [5, 5.41) is 5.85. The molecule has 19 heavy (non-hydrogen) atoms. The Morgan fingerprint density at radius 3 is 2.37 bits per heavy atom. The van der Waals surface area contributed by atoms with Crippen LogP contribution in [0.1, 0.15) is 47.9 Å². The van der Waals surface area contributed by atoms with Gasteiger partial charge in [-0.05, 0) is 47.9 Å². The van der Waals surface area contributed by atoms with E-state index in [1.54, 1.807) is 0 Å². The van der Waals surface area contributed by atoms with E-state index in [4.69, 9.17) is 0 Å². The molecule has 1 nitrogen and oxygen atoms in total. The van der Waals surface area contributed by atoms with Crippen LogP contribution in [0.5, 0.6) is 0 Å². The van der Waals surface area contributed by atoms with Crippen molar-refractivity contribution >= 4 is 11.3 Å². The van der Waals surface area contributed by atoms with Crippen LogP contribution < -0.4 is 5.32 Å². The Balaban J connectivity index is 2.01. The van der Waals surface area contributed by atoms with E-state index in [9.17, 15) is 0 Å². The van der Waals surface area contributed by atoms with Gasteiger partial charge < -0.3 is 5.32 Å². The summed E-state index contributed by atoms with van der Waals surface area (Å²) in [5.74, 6) is 0. The molecule has 0 amide bonds. The Kier molecular flexibility index (Phi) is 5.17. The average Bonchev–Trinajstić information content (AvgIpc) is 2.86. The molecule has 0 bridgehead atoms. The van der Waals surface area contributed by atoms with Crippen LogP contribution in [0.4, 0.5) is 0 Å². The van der Waals surface area contributed by atoms with E-state index >= 15 is 0 Å². The molecule has 1 N–H and O–H groups in total. The van der Waals surface area contributed by atoms with Crippen LogP contribution in [0.3, 0.4) is 0 Å². The minimum Gasteiger partial charge on any atom is -0.305 e. The van der Waals surface area contributed by atoms with E-state index in [-0.39, 0.29) is 0 Å². The van der Waals surface area contributed by atoms with Gasteiger partial charge in [-0.25, -0.2) is 0 Å². The highest BCUT2D eigenvalue weighted by molar-refractivity contribution is 7.10. The SMILES string of the molecule is CCc1ccc(C(CC)NCc2sccc2C)cc1. The molecule has 0 fully saturated rings. The molecule has 1 atom stereocenters. The van der Waals surface area contributed by atoms with Gasteiger partial charge in [-0.3, -0.25) is 0 Å². The van der Waals surface area contributed by atoms with Crippen molar-refractivity contribution in [3.05, 3.63) is 57.3 Å². The summed E-state index contributed by atoms with van der Waals surface area (Å²) in [4.78, 5) is 1.45. The zero-order chi connectivity index (χ0) is 13.7. The summed E-state index contributed by atoms with van der Waals surface area (Å²) in [5.41, 5.74) is 4.20. The van der Waals surface area contributed by atoms with E-state index in [1.165, 1.54) is 21.6 Å². The largest absolute Gasteiger partial charge is 0.305 e. The number of rotatable bonds is 6. The number of hydrogen-bond acceptors (Lipinski definition) is 2. The predicted octanol–water partition coefficient (Wildman–Crippen LogP) is 4.86. The second-order valence-corrected chi connectivity index (χ2v) is 5.96. The van der Waals surface area contributed by atoms with Crippen LogP contribution in [0.15, 0.2) is 35.7 Å². The molecule has 102 valence electrons. The molecule has 2 heteroatoms. The molecule has 1 heterocycles. The topological polar surface area (TPSA) is 12.0 Å². The first-order valence-corrected chi connectivity index (χ1v) is 7.97. The lowest BCUT2D eigenvalue weighted by molar-refractivity contribution is 0.521. The van der Waals surface area contributed by atoms with Crippen LogP contribution in [0, 0.1) is 6.92 Å². The molecule has 2 aromatic rings. The Morgan fingerprint density at radius 2 is 1.84 bits per heavy atom. The lowest BCUT2D eigenvalue weighted by Gasteiger charge is -2.17. The Bertz CT molecular complexity index is 498. The molecular weight excluding hydrogens is 250 g/mol. The quantitative estimate of drug-likeness (QED) is 0.792. The monoisotopic (exact) mass is 273 g/mol. The highest BCUT2D eigenvalue weighted by Gasteiger charge is 2.09. The molecule has 0 aliphatic heterocycles. The lowest BCUT2D eigenvalue weighted by Crippen LogP contribution is -2.20. The maximum Gasteiger partial charge on any atom is 0.0320 e. The maximum atomic E-state index is 3.68. The smallest absolute Gasteiger partial charge is 0.0320 e. The molecule has 0 spiro atoms. The van der Waals surface area contributed by atoms with Crippen LogP contribution in [-0.4, -0.2) is 0 Å². The summed E-state index contributed by atoms with van der Waals surface area (Å²) >= 11 is 1.84. The molecule has 1 unspecified atom stereocenters. The molecule has 0 radical (unpaired) electrons. The van der Waals surface area contributed by atoms with Crippen molar-refractivity contribution < 1.29 is 0 Å². The van der Waals surface area contributed by atoms with Crippen molar-refractivity contribution in [1.82, 2.24) is 5.32 Å². The Hall–Kier alpha value is -1.12. The van der Waals surface area contributed by atoms with Crippen LogP contribution in [0.25, 0.3) is 0 Å². The van der Waals surface area contributed by atoms with E-state index in [0.29, 0.717) is 6.04 Å². The molecule has 1 aromatic carbocycles. The third-order valence-corrected chi connectivity index (χ3v) is 4.70. The van der Waals surface area contributed by atoms with Gasteiger partial charge in [0.2, 0.25) is 0 Å². The maximum absolute atomic E-state index is 3.68. The predicted molar refractivity (Wildman–Crippen MR) is 84.7 cm³/mol. The fourth-order valence-electron chi connectivity index (χ4n) is 2.28. The lowest BCUT2D eigenvalue weighted by atomic mass is 10.0. The summed E-state index contributed by atoms with van der Waals surface area (Å²) in [6.45, 7) is 7.60. The molecule has 0 aliphatic carbocycles. The molecule has 0 saturated heterocycles. The highest BCUT2D eigenvalue weighted by atomic mass is 32.1. The molecular formula is C17H23NS. The van der Waals surface area contributed by atoms with Crippen LogP contribution in [-0.2, 0) is 13.0 Å². The molecule has 2 rings (SSSR count). The fraction of sp³-hybridized carbons (Fsp3) is 0.412. The average molecular weight is 273 g/mol. The minimum atomic E-state index is 0.451. The number of nitrogens with one attached hydrogen (secondary N) is 1. The van der Waals surface area contributed by atoms with Crippen LogP contribution >= 0.6 is 11.3 Å². The minimum absolute atomic E-state index is 0.451. The standard InChI is InChI=1S/C17H23NS/c1-4-14-6-8-15(9-7-14)16(5-2)18-12-17-13(3)10-11-19-17/h6-11,16,18H,4-5,12H2,1-3H3. The van der Waals surface area contributed by atoms with Crippen molar-refractivity contribution in [2.75, 3.05) is 0 Å². The van der Waals surface area contributed by atoms with Gasteiger partial charge in [0.25, 0.3) is 0 Å². The van der Waals surface area contributed by atoms with E-state index in [0.717, 1.165) is 19.4 Å². The fourth-order valence-corrected chi connectivity index (χ4v) is 3.14. The van der Waals surface area contributed by atoms with Crippen molar-refractivity contribution in [3.63, 3.8) is 0 Å². The third kappa shape index (κ3) is 3.68. The van der Waals surface area contributed by atoms with Crippen molar-refractivity contribution in [2.24, 2.45) is 0 Å². The second kappa shape index (κ2) is 6.88. The number of thiophene rings is 1. The number of benzene rings is 1. The molecule has 1 aromatic heterocycles. The van der Waals surface area contributed by atoms with E-state index in [1.807, 2.05) is 11.3 Å². The summed E-state index contributed by atoms with van der Waals surface area (Å²) in [6.07, 6.45) is 2.23. The number of hydrogen-bond donors (Lipinski definition) is 1. The van der Waals surface area contributed by atoms with Gasteiger partial charge in [-0.2, -0.15) is 0 Å². The van der Waals surface area contributed by atoms with Gasteiger partial charge >= 0.3 is 0 Å². The normalized spacial score (nSPS) is 12.6. The van der Waals surface area contributed by atoms with Gasteiger partial charge in [-0.15, -0.1) is 11.3 Å². The van der Waals surface area contributed by atoms with Crippen LogP contribution in [0.2, 0.25) is 0 Å². The first kappa shape index (κ1) is 14.3. The van der Waals surface area contributed by atoms with E-state index < -0.39 is 0 Å². The van der Waals surface area contributed by atoms with Gasteiger partial charge in [-0.1, -0.05) is 38.1 Å². The summed E-state index contributed by atoms with van der Waals surface area (Å²) < 4.78 is 0. The van der Waals surface area contributed by atoms with Gasteiger partial charge in [0, 0.05) is 17.5 Å². The van der Waals surface area contributed by atoms with Crippen molar-refractivity contribution in [1.29, 1.82) is 0 Å². The van der Waals surface area contributed by atoms with Gasteiger partial charge in [0.1, 0.15) is 0 Å². The zero-order valence-corrected chi connectivity index (χ0v) is 12.9. The van der Waals surface area contributed by atoms with E-state index in [2.05, 4.69) is 61.8 Å². The first-order valence-electron chi connectivity index (χ1n) is 7.09. The first-order chi connectivity index (χ1) is 9.24. The summed E-state index contributed by atoms with van der Waals surface area (Å²) in [7, 11) is 0. The zero-order valence-electron chi connectivity index (χ0n) is 12.1. The molecule has 0 aliphatic rings. The molecule has 0 saturated carbocycles. The second-order valence-electron chi connectivity index (χ2n) is 4.96. The third-order valence-electron chi connectivity index (χ3n) is 3.68. The summed E-state index contributed by atoms with van der Waals surface area (Å²) in [6, 6.07) is 11.7. The van der Waals surface area contributed by atoms with Gasteiger partial charge in [0.05, 0.1) is 0 Å². The Labute approximate surface area is 120 Å².